The molecule has 2 atom stereocenters. The van der Waals surface area contributed by atoms with E-state index >= 15 is 0 Å². The molecule has 0 radical (unpaired) electrons. The van der Waals surface area contributed by atoms with Crippen molar-refractivity contribution in [1.29, 1.82) is 0 Å². The Balaban J connectivity index is 1.40. The number of hydrogen-bond acceptors (Lipinski definition) is 10. The number of fused-ring (bicyclic) bond motifs is 1. The molecule has 2 saturated heterocycles. The lowest BCUT2D eigenvalue weighted by Crippen LogP contribution is -2.39. The van der Waals surface area contributed by atoms with E-state index in [9.17, 15) is 4.79 Å². The molecule has 3 aromatic rings. The summed E-state index contributed by atoms with van der Waals surface area (Å²) < 4.78 is 12.5. The van der Waals surface area contributed by atoms with E-state index in [1.165, 1.54) is 0 Å². The van der Waals surface area contributed by atoms with E-state index < -0.39 is 0 Å². The first-order chi connectivity index (χ1) is 19.5. The first-order valence-corrected chi connectivity index (χ1v) is 14.2. The second-order valence-corrected chi connectivity index (χ2v) is 10.7. The molecule has 2 aliphatic heterocycles. The summed E-state index contributed by atoms with van der Waals surface area (Å²) in [7, 11) is 4.20. The molecular weight excluding hydrogens is 508 g/mol. The molecule has 5 rings (SSSR count). The smallest absolute Gasteiger partial charge is 0.324 e. The van der Waals surface area contributed by atoms with E-state index in [0.29, 0.717) is 12.5 Å². The topological polar surface area (TPSA) is 117 Å². The van der Waals surface area contributed by atoms with Gasteiger partial charge in [0.2, 0.25) is 11.9 Å². The minimum atomic E-state index is -0.0488. The lowest BCUT2D eigenvalue weighted by Gasteiger charge is -2.30. The van der Waals surface area contributed by atoms with Crippen LogP contribution in [0, 0.1) is 0 Å². The summed E-state index contributed by atoms with van der Waals surface area (Å²) in [5.74, 6) is 0.314. The lowest BCUT2D eigenvalue weighted by atomic mass is 10.1. The molecule has 3 N–H and O–H groups in total. The lowest BCUT2D eigenvalue weighted by molar-refractivity contribution is -0.119. The van der Waals surface area contributed by atoms with E-state index in [4.69, 9.17) is 9.47 Å². The van der Waals surface area contributed by atoms with E-state index in [1.807, 2.05) is 43.3 Å². The maximum Gasteiger partial charge on any atom is 0.324 e. The molecular formula is C29H40N8O3. The monoisotopic (exact) mass is 548 g/mol. The Labute approximate surface area is 235 Å². The van der Waals surface area contributed by atoms with Crippen LogP contribution in [0.25, 0.3) is 10.8 Å². The van der Waals surface area contributed by atoms with Gasteiger partial charge in [-0.25, -0.2) is 0 Å². The van der Waals surface area contributed by atoms with Gasteiger partial charge in [0.1, 0.15) is 12.2 Å². The highest BCUT2D eigenvalue weighted by molar-refractivity contribution is 6.02. The van der Waals surface area contributed by atoms with Gasteiger partial charge in [0.25, 0.3) is 0 Å². The summed E-state index contributed by atoms with van der Waals surface area (Å²) >= 11 is 0. The molecule has 2 aromatic carbocycles. The van der Waals surface area contributed by atoms with Gasteiger partial charge in [-0.05, 0) is 71.9 Å². The standard InChI is InChI=1S/C29H40N8O3/c1-4-30-26(38)17-31-24-13-5-12-23-22(24)11-6-14-25(23)32-27-33-28(39-20-9-7-15-36(2)18-20)35-29(34-27)40-21-10-8-16-37(3)19-21/h5-6,11-14,20-21,31H,4,7-10,15-19H2,1-3H3,(H,30,38)(H,32,33,34,35). The molecule has 0 saturated carbocycles. The van der Waals surface area contributed by atoms with Gasteiger partial charge in [-0.15, -0.1) is 4.98 Å². The minimum Gasteiger partial charge on any atom is -0.459 e. The number of amides is 1. The molecule has 214 valence electrons. The average Bonchev–Trinajstić information content (AvgIpc) is 2.92. The number of likely N-dealkylation sites (tertiary alicyclic amines) is 2. The third-order valence-electron chi connectivity index (χ3n) is 7.28. The predicted octanol–water partition coefficient (Wildman–Crippen LogP) is 3.26. The largest absolute Gasteiger partial charge is 0.459 e. The number of aromatic nitrogens is 3. The summed E-state index contributed by atoms with van der Waals surface area (Å²) in [5.41, 5.74) is 1.70. The van der Waals surface area contributed by atoms with Crippen LogP contribution in [0.1, 0.15) is 32.6 Å². The summed E-state index contributed by atoms with van der Waals surface area (Å²) in [6.45, 7) is 6.49. The van der Waals surface area contributed by atoms with Crippen LogP contribution in [0.15, 0.2) is 36.4 Å². The van der Waals surface area contributed by atoms with E-state index in [-0.39, 0.29) is 36.7 Å². The molecule has 2 unspecified atom stereocenters. The van der Waals surface area contributed by atoms with E-state index in [1.54, 1.807) is 0 Å². The summed E-state index contributed by atoms with van der Waals surface area (Å²) in [6, 6.07) is 12.5. The van der Waals surface area contributed by atoms with Gasteiger partial charge in [0.15, 0.2) is 0 Å². The third-order valence-corrected chi connectivity index (χ3v) is 7.28. The Morgan fingerprint density at radius 3 is 2.02 bits per heavy atom. The summed E-state index contributed by atoms with van der Waals surface area (Å²) in [6.07, 6.45) is 4.08. The molecule has 11 heteroatoms. The number of ether oxygens (including phenoxy) is 2. The van der Waals surface area contributed by atoms with Gasteiger partial charge < -0.3 is 35.2 Å². The molecule has 3 heterocycles. The van der Waals surface area contributed by atoms with Gasteiger partial charge in [-0.2, -0.15) is 9.97 Å². The number of carbonyl (C=O) groups excluding carboxylic acids is 1. The fraction of sp³-hybridized carbons (Fsp3) is 0.517. The van der Waals surface area contributed by atoms with Crippen LogP contribution >= 0.6 is 0 Å². The first-order valence-electron chi connectivity index (χ1n) is 14.2. The van der Waals surface area contributed by atoms with Gasteiger partial charge in [0.05, 0.1) is 6.54 Å². The SMILES string of the molecule is CCNC(=O)CNc1cccc2c(Nc3nc(OC4CCCN(C)C4)nc(OC4CCCN(C)C4)n3)cccc12. The van der Waals surface area contributed by atoms with Crippen LogP contribution in [-0.4, -0.2) is 96.2 Å². The zero-order valence-corrected chi connectivity index (χ0v) is 23.7. The van der Waals surface area contributed by atoms with Crippen molar-refractivity contribution in [1.82, 2.24) is 30.1 Å². The van der Waals surface area contributed by atoms with Crippen LogP contribution in [0.5, 0.6) is 12.0 Å². The van der Waals surface area contributed by atoms with Gasteiger partial charge in [-0.3, -0.25) is 4.79 Å². The molecule has 0 aliphatic carbocycles. The van der Waals surface area contributed by atoms with Crippen LogP contribution in [-0.2, 0) is 4.79 Å². The van der Waals surface area contributed by atoms with Crippen molar-refractivity contribution < 1.29 is 14.3 Å². The Morgan fingerprint density at radius 2 is 1.45 bits per heavy atom. The highest BCUT2D eigenvalue weighted by Crippen LogP contribution is 2.31. The summed E-state index contributed by atoms with van der Waals surface area (Å²) in [5, 5.41) is 11.4. The summed E-state index contributed by atoms with van der Waals surface area (Å²) in [4.78, 5) is 30.3. The zero-order chi connectivity index (χ0) is 27.9. The minimum absolute atomic E-state index is 0.0127. The molecule has 2 fully saturated rings. The first kappa shape index (κ1) is 27.9. The number of benzene rings is 2. The number of hydrogen-bond donors (Lipinski definition) is 3. The highest BCUT2D eigenvalue weighted by atomic mass is 16.5. The Bertz CT molecular complexity index is 1260. The maximum absolute atomic E-state index is 12.0. The zero-order valence-electron chi connectivity index (χ0n) is 23.7. The fourth-order valence-corrected chi connectivity index (χ4v) is 5.36. The van der Waals surface area contributed by atoms with Gasteiger partial charge >= 0.3 is 12.0 Å². The number of carbonyl (C=O) groups is 1. The van der Waals surface area contributed by atoms with Crippen molar-refractivity contribution in [2.45, 2.75) is 44.8 Å². The Kier molecular flexibility index (Phi) is 9.12. The van der Waals surface area contributed by atoms with Gasteiger partial charge in [-0.1, -0.05) is 24.3 Å². The average molecular weight is 549 g/mol. The van der Waals surface area contributed by atoms with E-state index in [0.717, 1.165) is 74.0 Å². The number of nitrogens with one attached hydrogen (secondary N) is 3. The molecule has 1 amide bonds. The van der Waals surface area contributed by atoms with Crippen LogP contribution in [0.3, 0.4) is 0 Å². The second kappa shape index (κ2) is 13.1. The Morgan fingerprint density at radius 1 is 0.875 bits per heavy atom. The van der Waals surface area contributed by atoms with Crippen molar-refractivity contribution in [3.05, 3.63) is 36.4 Å². The maximum atomic E-state index is 12.0. The van der Waals surface area contributed by atoms with Crippen molar-refractivity contribution in [2.24, 2.45) is 0 Å². The van der Waals surface area contributed by atoms with Crippen LogP contribution in [0.4, 0.5) is 17.3 Å². The van der Waals surface area contributed by atoms with Crippen molar-refractivity contribution in [3.63, 3.8) is 0 Å². The third kappa shape index (κ3) is 7.28. The van der Waals surface area contributed by atoms with Crippen molar-refractivity contribution >= 4 is 34.0 Å². The van der Waals surface area contributed by atoms with Gasteiger partial charge in [0, 0.05) is 41.8 Å². The molecule has 2 aliphatic rings. The van der Waals surface area contributed by atoms with Crippen molar-refractivity contribution in [3.8, 4) is 12.0 Å². The highest BCUT2D eigenvalue weighted by Gasteiger charge is 2.23. The molecule has 11 nitrogen and oxygen atoms in total. The molecule has 1 aromatic heterocycles. The Hall–Kier alpha value is -3.70. The fourth-order valence-electron chi connectivity index (χ4n) is 5.36. The second-order valence-electron chi connectivity index (χ2n) is 10.7. The normalized spacial score (nSPS) is 20.2. The van der Waals surface area contributed by atoms with E-state index in [2.05, 4.69) is 54.8 Å². The number of nitrogens with zero attached hydrogens (tertiary/aromatic N) is 5. The van der Waals surface area contributed by atoms with Crippen LogP contribution < -0.4 is 25.4 Å². The number of likely N-dealkylation sites (N-methyl/N-ethyl adjacent to an activating group) is 3. The van der Waals surface area contributed by atoms with Crippen LogP contribution in [0.2, 0.25) is 0 Å². The van der Waals surface area contributed by atoms with Crippen molar-refractivity contribution in [2.75, 3.05) is 64.0 Å². The number of rotatable bonds is 10. The molecule has 0 bridgehead atoms. The quantitative estimate of drug-likeness (QED) is 0.349. The molecule has 0 spiro atoms. The molecule has 40 heavy (non-hydrogen) atoms. The predicted molar refractivity (Wildman–Crippen MR) is 157 cm³/mol. The number of anilines is 3. The number of piperidine rings is 2.